The van der Waals surface area contributed by atoms with Gasteiger partial charge in [0.2, 0.25) is 5.91 Å². The molecule has 0 bridgehead atoms. The molecular weight excluding hydrogens is 283 g/mol. The molecular formula is C14H16ClFN2O2. The zero-order chi connectivity index (χ0) is 14.7. The van der Waals surface area contributed by atoms with E-state index in [-0.39, 0.29) is 22.5 Å². The summed E-state index contributed by atoms with van der Waals surface area (Å²) in [6.45, 7) is 2.36. The molecule has 1 aliphatic rings. The number of rotatable bonds is 2. The molecule has 1 aromatic carbocycles. The molecule has 1 atom stereocenters. The fourth-order valence-electron chi connectivity index (χ4n) is 2.43. The average molecular weight is 299 g/mol. The predicted octanol–water partition coefficient (Wildman–Crippen LogP) is 2.22. The number of nitrogens with one attached hydrogen (secondary N) is 1. The lowest BCUT2D eigenvalue weighted by molar-refractivity contribution is -0.120. The van der Waals surface area contributed by atoms with Crippen LogP contribution in [0.5, 0.6) is 0 Å². The van der Waals surface area contributed by atoms with Gasteiger partial charge in [0.15, 0.2) is 0 Å². The first-order valence-corrected chi connectivity index (χ1v) is 6.87. The summed E-state index contributed by atoms with van der Waals surface area (Å²) >= 11 is 5.91. The minimum Gasteiger partial charge on any atom is -0.352 e. The number of hydrogen-bond acceptors (Lipinski definition) is 2. The zero-order valence-electron chi connectivity index (χ0n) is 11.2. The van der Waals surface area contributed by atoms with Crippen LogP contribution in [0.4, 0.5) is 4.39 Å². The lowest BCUT2D eigenvalue weighted by Gasteiger charge is -2.33. The fourth-order valence-corrected chi connectivity index (χ4v) is 2.67. The van der Waals surface area contributed by atoms with Crippen LogP contribution in [-0.2, 0) is 4.79 Å². The molecule has 1 aromatic rings. The topological polar surface area (TPSA) is 49.4 Å². The minimum absolute atomic E-state index is 0.0873. The van der Waals surface area contributed by atoms with Gasteiger partial charge in [0.05, 0.1) is 10.6 Å². The van der Waals surface area contributed by atoms with Crippen molar-refractivity contribution in [1.29, 1.82) is 0 Å². The maximum absolute atomic E-state index is 13.8. The highest BCUT2D eigenvalue weighted by Crippen LogP contribution is 2.22. The Morgan fingerprint density at radius 2 is 2.20 bits per heavy atom. The van der Waals surface area contributed by atoms with Crippen molar-refractivity contribution < 1.29 is 14.0 Å². The largest absolute Gasteiger partial charge is 0.352 e. The van der Waals surface area contributed by atoms with Crippen LogP contribution >= 0.6 is 11.6 Å². The van der Waals surface area contributed by atoms with Gasteiger partial charge in [0.25, 0.3) is 5.91 Å². The van der Waals surface area contributed by atoms with Crippen LogP contribution in [0.3, 0.4) is 0 Å². The smallest absolute Gasteiger partial charge is 0.258 e. The molecule has 2 amide bonds. The van der Waals surface area contributed by atoms with E-state index in [2.05, 4.69) is 5.32 Å². The molecule has 0 aromatic heterocycles. The van der Waals surface area contributed by atoms with E-state index in [1.807, 2.05) is 0 Å². The molecule has 1 fully saturated rings. The van der Waals surface area contributed by atoms with Crippen LogP contribution in [0.15, 0.2) is 18.2 Å². The van der Waals surface area contributed by atoms with Gasteiger partial charge in [-0.1, -0.05) is 17.7 Å². The monoisotopic (exact) mass is 298 g/mol. The summed E-state index contributed by atoms with van der Waals surface area (Å²) in [5.41, 5.74) is -0.0994. The number of nitrogens with zero attached hydrogens (tertiary/aromatic N) is 1. The van der Waals surface area contributed by atoms with E-state index in [0.717, 1.165) is 12.8 Å². The Kier molecular flexibility index (Phi) is 4.60. The number of benzene rings is 1. The quantitative estimate of drug-likeness (QED) is 0.910. The van der Waals surface area contributed by atoms with Gasteiger partial charge in [0.1, 0.15) is 5.82 Å². The maximum atomic E-state index is 13.8. The van der Waals surface area contributed by atoms with Gasteiger partial charge in [-0.05, 0) is 25.0 Å². The van der Waals surface area contributed by atoms with Crippen molar-refractivity contribution in [3.05, 3.63) is 34.6 Å². The number of amides is 2. The van der Waals surface area contributed by atoms with E-state index in [1.165, 1.54) is 30.0 Å². The van der Waals surface area contributed by atoms with E-state index < -0.39 is 11.7 Å². The maximum Gasteiger partial charge on any atom is 0.258 e. The molecule has 0 spiro atoms. The summed E-state index contributed by atoms with van der Waals surface area (Å²) in [7, 11) is 0. The molecule has 1 saturated heterocycles. The lowest BCUT2D eigenvalue weighted by atomic mass is 10.0. The number of hydrogen-bond donors (Lipinski definition) is 1. The highest BCUT2D eigenvalue weighted by Gasteiger charge is 2.27. The van der Waals surface area contributed by atoms with Crippen molar-refractivity contribution in [3.63, 3.8) is 0 Å². The van der Waals surface area contributed by atoms with E-state index in [9.17, 15) is 14.0 Å². The number of halogens is 2. The summed E-state index contributed by atoms with van der Waals surface area (Å²) in [6.07, 6.45) is 1.58. The number of carbonyl (C=O) groups is 2. The molecule has 1 heterocycles. The van der Waals surface area contributed by atoms with Crippen LogP contribution in [0.25, 0.3) is 0 Å². The van der Waals surface area contributed by atoms with Gasteiger partial charge in [-0.15, -0.1) is 0 Å². The molecule has 2 rings (SSSR count). The third-order valence-corrected chi connectivity index (χ3v) is 3.61. The Labute approximate surface area is 121 Å². The summed E-state index contributed by atoms with van der Waals surface area (Å²) in [5, 5.41) is 2.90. The molecule has 0 saturated carbocycles. The summed E-state index contributed by atoms with van der Waals surface area (Å²) in [4.78, 5) is 25.0. The molecule has 6 heteroatoms. The third kappa shape index (κ3) is 3.28. The van der Waals surface area contributed by atoms with E-state index in [1.54, 1.807) is 0 Å². The fraction of sp³-hybridized carbons (Fsp3) is 0.429. The Balaban J connectivity index is 2.14. The zero-order valence-corrected chi connectivity index (χ0v) is 11.9. The van der Waals surface area contributed by atoms with Crippen LogP contribution < -0.4 is 5.32 Å². The molecule has 1 N–H and O–H groups in total. The lowest BCUT2D eigenvalue weighted by Crippen LogP contribution is -2.49. The first kappa shape index (κ1) is 14.8. The number of carbonyl (C=O) groups excluding carboxylic acids is 2. The SMILES string of the molecule is CC(=O)NC1CCCN(C(=O)c2c(F)cccc2Cl)C1. The van der Waals surface area contributed by atoms with Crippen molar-refractivity contribution in [1.82, 2.24) is 10.2 Å². The van der Waals surface area contributed by atoms with Crippen LogP contribution in [0, 0.1) is 5.82 Å². The standard InChI is InChI=1S/C14H16ClFN2O2/c1-9(19)17-10-4-3-7-18(8-10)14(20)13-11(15)5-2-6-12(13)16/h2,5-6,10H,3-4,7-8H2,1H3,(H,17,19). The molecule has 1 unspecified atom stereocenters. The second-order valence-corrected chi connectivity index (χ2v) is 5.29. The van der Waals surface area contributed by atoms with Crippen molar-refractivity contribution in [3.8, 4) is 0 Å². The molecule has 108 valence electrons. The minimum atomic E-state index is -0.621. The Bertz CT molecular complexity index is 516. The third-order valence-electron chi connectivity index (χ3n) is 3.29. The van der Waals surface area contributed by atoms with E-state index in [0.29, 0.717) is 13.1 Å². The number of piperidine rings is 1. The van der Waals surface area contributed by atoms with Gasteiger partial charge in [-0.3, -0.25) is 9.59 Å². The van der Waals surface area contributed by atoms with Crippen molar-refractivity contribution in [2.75, 3.05) is 13.1 Å². The molecule has 0 radical (unpaired) electrons. The van der Waals surface area contributed by atoms with Gasteiger partial charge in [-0.2, -0.15) is 0 Å². The van der Waals surface area contributed by atoms with Crippen LogP contribution in [0.1, 0.15) is 30.1 Å². The van der Waals surface area contributed by atoms with Crippen molar-refractivity contribution in [2.45, 2.75) is 25.8 Å². The second-order valence-electron chi connectivity index (χ2n) is 4.89. The molecule has 1 aliphatic heterocycles. The predicted molar refractivity (Wildman–Crippen MR) is 74.2 cm³/mol. The van der Waals surface area contributed by atoms with Gasteiger partial charge in [-0.25, -0.2) is 4.39 Å². The molecule has 0 aliphatic carbocycles. The van der Waals surface area contributed by atoms with Gasteiger partial charge < -0.3 is 10.2 Å². The Hall–Kier alpha value is -1.62. The van der Waals surface area contributed by atoms with Crippen LogP contribution in [0.2, 0.25) is 5.02 Å². The summed E-state index contributed by atoms with van der Waals surface area (Å²) in [5.74, 6) is -1.18. The average Bonchev–Trinajstić information content (AvgIpc) is 2.38. The first-order valence-electron chi connectivity index (χ1n) is 6.49. The van der Waals surface area contributed by atoms with Crippen molar-refractivity contribution in [2.24, 2.45) is 0 Å². The molecule has 20 heavy (non-hydrogen) atoms. The first-order chi connectivity index (χ1) is 9.49. The highest BCUT2D eigenvalue weighted by atomic mass is 35.5. The molecule has 4 nitrogen and oxygen atoms in total. The van der Waals surface area contributed by atoms with Crippen molar-refractivity contribution >= 4 is 23.4 Å². The van der Waals surface area contributed by atoms with Crippen LogP contribution in [-0.4, -0.2) is 35.8 Å². The summed E-state index contributed by atoms with van der Waals surface area (Å²) < 4.78 is 13.8. The second kappa shape index (κ2) is 6.22. The summed E-state index contributed by atoms with van der Waals surface area (Å²) in [6, 6.07) is 4.09. The number of likely N-dealkylation sites (tertiary alicyclic amines) is 1. The Morgan fingerprint density at radius 3 is 2.85 bits per heavy atom. The highest BCUT2D eigenvalue weighted by molar-refractivity contribution is 6.33. The van der Waals surface area contributed by atoms with Gasteiger partial charge in [0, 0.05) is 26.1 Å². The Morgan fingerprint density at radius 1 is 1.45 bits per heavy atom. The van der Waals surface area contributed by atoms with E-state index in [4.69, 9.17) is 11.6 Å². The van der Waals surface area contributed by atoms with Gasteiger partial charge >= 0.3 is 0 Å². The normalized spacial score (nSPS) is 18.8. The van der Waals surface area contributed by atoms with E-state index >= 15 is 0 Å².